The summed E-state index contributed by atoms with van der Waals surface area (Å²) in [5.74, 6) is 0.674. The fraction of sp³-hybridized carbons (Fsp3) is 0.231. The van der Waals surface area contributed by atoms with E-state index in [4.69, 9.17) is 4.74 Å². The van der Waals surface area contributed by atoms with Gasteiger partial charge >= 0.3 is 0 Å². The van der Waals surface area contributed by atoms with Crippen LogP contribution in [0.3, 0.4) is 0 Å². The van der Waals surface area contributed by atoms with Gasteiger partial charge in [0.2, 0.25) is 0 Å². The van der Waals surface area contributed by atoms with Crippen molar-refractivity contribution in [2.45, 2.75) is 32.7 Å². The van der Waals surface area contributed by atoms with Crippen molar-refractivity contribution in [3.63, 3.8) is 0 Å². The zero-order valence-electron chi connectivity index (χ0n) is 18.1. The van der Waals surface area contributed by atoms with E-state index in [9.17, 15) is 9.59 Å². The van der Waals surface area contributed by atoms with Gasteiger partial charge < -0.3 is 15.4 Å². The maximum Gasteiger partial charge on any atom is 0.262 e. The molecule has 31 heavy (non-hydrogen) atoms. The molecule has 1 unspecified atom stereocenters. The summed E-state index contributed by atoms with van der Waals surface area (Å²) in [6, 6.07) is 24.2. The summed E-state index contributed by atoms with van der Waals surface area (Å²) in [6.45, 7) is 6.11. The van der Waals surface area contributed by atoms with Gasteiger partial charge in [-0.1, -0.05) is 56.3 Å². The summed E-state index contributed by atoms with van der Waals surface area (Å²) in [7, 11) is 0. The smallest absolute Gasteiger partial charge is 0.262 e. The van der Waals surface area contributed by atoms with Gasteiger partial charge in [0.05, 0.1) is 6.04 Å². The summed E-state index contributed by atoms with van der Waals surface area (Å²) < 4.78 is 5.55. The monoisotopic (exact) mass is 416 g/mol. The number of rotatable bonds is 8. The SMILES string of the molecule is CC(C)c1ccc(OCC(=O)Nc2ccc(C(=O)NC(C)c3ccccc3)cc2)cc1. The van der Waals surface area contributed by atoms with Crippen LogP contribution in [0.25, 0.3) is 0 Å². The molecule has 0 saturated heterocycles. The summed E-state index contributed by atoms with van der Waals surface area (Å²) in [4.78, 5) is 24.6. The van der Waals surface area contributed by atoms with Crippen LogP contribution < -0.4 is 15.4 Å². The number of anilines is 1. The molecule has 0 saturated carbocycles. The van der Waals surface area contributed by atoms with Gasteiger partial charge in [-0.25, -0.2) is 0 Å². The average Bonchev–Trinajstić information content (AvgIpc) is 2.79. The molecule has 3 rings (SSSR count). The van der Waals surface area contributed by atoms with Crippen molar-refractivity contribution in [3.05, 3.63) is 95.6 Å². The second-order valence-electron chi connectivity index (χ2n) is 7.74. The molecular weight excluding hydrogens is 388 g/mol. The van der Waals surface area contributed by atoms with Crippen LogP contribution in [-0.2, 0) is 4.79 Å². The van der Waals surface area contributed by atoms with Gasteiger partial charge in [0.1, 0.15) is 5.75 Å². The minimum Gasteiger partial charge on any atom is -0.484 e. The minimum absolute atomic E-state index is 0.0855. The molecule has 5 heteroatoms. The highest BCUT2D eigenvalue weighted by Crippen LogP contribution is 2.19. The fourth-order valence-electron chi connectivity index (χ4n) is 3.10. The van der Waals surface area contributed by atoms with Gasteiger partial charge in [-0.3, -0.25) is 9.59 Å². The molecular formula is C26H28N2O3. The van der Waals surface area contributed by atoms with Crippen LogP contribution in [0, 0.1) is 0 Å². The molecule has 0 aromatic heterocycles. The van der Waals surface area contributed by atoms with E-state index >= 15 is 0 Å². The highest BCUT2D eigenvalue weighted by atomic mass is 16.5. The Balaban J connectivity index is 1.49. The third-order valence-corrected chi connectivity index (χ3v) is 4.99. The van der Waals surface area contributed by atoms with E-state index < -0.39 is 0 Å². The van der Waals surface area contributed by atoms with E-state index in [1.165, 1.54) is 5.56 Å². The topological polar surface area (TPSA) is 67.4 Å². The van der Waals surface area contributed by atoms with Crippen LogP contribution in [-0.4, -0.2) is 18.4 Å². The van der Waals surface area contributed by atoms with E-state index in [-0.39, 0.29) is 24.5 Å². The van der Waals surface area contributed by atoms with E-state index in [1.807, 2.05) is 61.5 Å². The van der Waals surface area contributed by atoms with Crippen LogP contribution in [0.4, 0.5) is 5.69 Å². The molecule has 0 fully saturated rings. The zero-order valence-corrected chi connectivity index (χ0v) is 18.1. The molecule has 0 radical (unpaired) electrons. The first kappa shape index (κ1) is 22.1. The van der Waals surface area contributed by atoms with Crippen molar-refractivity contribution >= 4 is 17.5 Å². The minimum atomic E-state index is -0.261. The highest BCUT2D eigenvalue weighted by molar-refractivity contribution is 5.96. The number of benzene rings is 3. The van der Waals surface area contributed by atoms with Gasteiger partial charge in [0.15, 0.2) is 6.61 Å². The summed E-state index contributed by atoms with van der Waals surface area (Å²) >= 11 is 0. The van der Waals surface area contributed by atoms with Gasteiger partial charge in [0, 0.05) is 11.3 Å². The molecule has 0 heterocycles. The largest absolute Gasteiger partial charge is 0.484 e. The molecule has 5 nitrogen and oxygen atoms in total. The van der Waals surface area contributed by atoms with E-state index in [1.54, 1.807) is 24.3 Å². The molecule has 2 amide bonds. The Labute approximate surface area is 183 Å². The molecule has 0 aliphatic carbocycles. The Bertz CT molecular complexity index is 997. The van der Waals surface area contributed by atoms with Crippen LogP contribution >= 0.6 is 0 Å². The lowest BCUT2D eigenvalue weighted by molar-refractivity contribution is -0.118. The van der Waals surface area contributed by atoms with Gasteiger partial charge in [0.25, 0.3) is 11.8 Å². The first-order chi connectivity index (χ1) is 14.9. The van der Waals surface area contributed by atoms with Crippen molar-refractivity contribution in [2.75, 3.05) is 11.9 Å². The van der Waals surface area contributed by atoms with Crippen LogP contribution in [0.15, 0.2) is 78.9 Å². The van der Waals surface area contributed by atoms with Crippen molar-refractivity contribution < 1.29 is 14.3 Å². The number of ether oxygens (including phenoxy) is 1. The molecule has 2 N–H and O–H groups in total. The third-order valence-electron chi connectivity index (χ3n) is 4.99. The highest BCUT2D eigenvalue weighted by Gasteiger charge is 2.12. The average molecular weight is 417 g/mol. The van der Waals surface area contributed by atoms with Crippen molar-refractivity contribution in [1.29, 1.82) is 0 Å². The first-order valence-electron chi connectivity index (χ1n) is 10.4. The van der Waals surface area contributed by atoms with Crippen molar-refractivity contribution in [3.8, 4) is 5.75 Å². The Morgan fingerprint density at radius 1 is 0.806 bits per heavy atom. The predicted molar refractivity (Wildman–Crippen MR) is 123 cm³/mol. The summed E-state index contributed by atoms with van der Waals surface area (Å²) in [5.41, 5.74) is 3.40. The van der Waals surface area contributed by atoms with Gasteiger partial charge in [-0.2, -0.15) is 0 Å². The van der Waals surface area contributed by atoms with E-state index in [0.717, 1.165) is 5.56 Å². The molecule has 0 spiro atoms. The maximum absolute atomic E-state index is 12.5. The number of carbonyl (C=O) groups is 2. The summed E-state index contributed by atoms with van der Waals surface area (Å²) in [6.07, 6.45) is 0. The van der Waals surface area contributed by atoms with E-state index in [0.29, 0.717) is 22.9 Å². The molecule has 0 bridgehead atoms. The second-order valence-corrected chi connectivity index (χ2v) is 7.74. The van der Waals surface area contributed by atoms with Crippen LogP contribution in [0.5, 0.6) is 5.75 Å². The quantitative estimate of drug-likeness (QED) is 0.522. The third kappa shape index (κ3) is 6.44. The maximum atomic E-state index is 12.5. The fourth-order valence-corrected chi connectivity index (χ4v) is 3.10. The predicted octanol–water partition coefficient (Wildman–Crippen LogP) is 5.32. The Morgan fingerprint density at radius 3 is 2.06 bits per heavy atom. The number of carbonyl (C=O) groups excluding carboxylic acids is 2. The standard InChI is InChI=1S/C26H28N2O3/c1-18(2)20-11-15-24(16-12-20)31-17-25(29)28-23-13-9-22(10-14-23)26(30)27-19(3)21-7-5-4-6-8-21/h4-16,18-19H,17H2,1-3H3,(H,27,30)(H,28,29). The lowest BCUT2D eigenvalue weighted by Gasteiger charge is -2.14. The number of amides is 2. The number of nitrogens with one attached hydrogen (secondary N) is 2. The molecule has 3 aromatic rings. The zero-order chi connectivity index (χ0) is 22.2. The first-order valence-corrected chi connectivity index (χ1v) is 10.4. The normalized spacial score (nSPS) is 11.6. The Morgan fingerprint density at radius 2 is 1.45 bits per heavy atom. The van der Waals surface area contributed by atoms with Gasteiger partial charge in [-0.15, -0.1) is 0 Å². The number of hydrogen-bond donors (Lipinski definition) is 2. The van der Waals surface area contributed by atoms with Gasteiger partial charge in [-0.05, 0) is 60.4 Å². The summed E-state index contributed by atoms with van der Waals surface area (Å²) in [5, 5.41) is 5.75. The lowest BCUT2D eigenvalue weighted by Crippen LogP contribution is -2.26. The Kier molecular flexibility index (Phi) is 7.44. The molecule has 0 aliphatic rings. The molecule has 160 valence electrons. The van der Waals surface area contributed by atoms with E-state index in [2.05, 4.69) is 24.5 Å². The second kappa shape index (κ2) is 10.4. The molecule has 3 aromatic carbocycles. The van der Waals surface area contributed by atoms with Crippen molar-refractivity contribution in [2.24, 2.45) is 0 Å². The lowest BCUT2D eigenvalue weighted by atomic mass is 10.0. The molecule has 0 aliphatic heterocycles. The molecule has 1 atom stereocenters. The Hall–Kier alpha value is -3.60. The number of hydrogen-bond acceptors (Lipinski definition) is 3. The van der Waals surface area contributed by atoms with Crippen LogP contribution in [0.2, 0.25) is 0 Å². The van der Waals surface area contributed by atoms with Crippen LogP contribution in [0.1, 0.15) is 54.2 Å². The van der Waals surface area contributed by atoms with Crippen molar-refractivity contribution in [1.82, 2.24) is 5.32 Å².